The van der Waals surface area contributed by atoms with Crippen LogP contribution in [0.3, 0.4) is 0 Å². The average molecular weight is 302 g/mol. The van der Waals surface area contributed by atoms with Crippen LogP contribution in [0.15, 0.2) is 17.0 Å². The summed E-state index contributed by atoms with van der Waals surface area (Å²) in [5, 5.41) is 8.73. The second kappa shape index (κ2) is 5.72. The first-order valence-corrected chi connectivity index (χ1v) is 6.34. The number of aliphatic hydroxyl groups excluding tert-OH is 1. The Hall–Kier alpha value is -1.39. The Morgan fingerprint density at radius 1 is 1.26 bits per heavy atom. The molecule has 1 rings (SSSR count). The molecule has 1 atom stereocenters. The van der Waals surface area contributed by atoms with Crippen LogP contribution in [-0.4, -0.2) is 32.6 Å². The number of hydrogen-bond donors (Lipinski definition) is 3. The highest BCUT2D eigenvalue weighted by molar-refractivity contribution is 7.89. The van der Waals surface area contributed by atoms with Crippen molar-refractivity contribution in [3.8, 4) is 0 Å². The van der Waals surface area contributed by atoms with Crippen molar-refractivity contribution in [2.75, 3.05) is 12.3 Å². The van der Waals surface area contributed by atoms with Crippen LogP contribution in [0.25, 0.3) is 0 Å². The molecule has 0 spiro atoms. The fourth-order valence-electron chi connectivity index (χ4n) is 1.19. The number of sulfonamides is 1. The summed E-state index contributed by atoms with van der Waals surface area (Å²) in [6.45, 7) is -1.08. The Morgan fingerprint density at radius 3 is 2.16 bits per heavy atom. The van der Waals surface area contributed by atoms with Gasteiger partial charge in [0.05, 0.1) is 0 Å². The van der Waals surface area contributed by atoms with Crippen molar-refractivity contribution in [2.24, 2.45) is 0 Å². The third kappa shape index (κ3) is 3.78. The number of anilines is 1. The van der Waals surface area contributed by atoms with Gasteiger partial charge in [0.25, 0.3) is 6.43 Å². The molecule has 4 N–H and O–H groups in total. The Labute approximate surface area is 106 Å². The number of benzene rings is 1. The zero-order chi connectivity index (χ0) is 14.8. The van der Waals surface area contributed by atoms with Gasteiger partial charge in [-0.25, -0.2) is 30.7 Å². The third-order valence-corrected chi connectivity index (χ3v) is 3.54. The van der Waals surface area contributed by atoms with Crippen molar-refractivity contribution in [1.29, 1.82) is 0 Å². The second-order valence-electron chi connectivity index (χ2n) is 3.57. The van der Waals surface area contributed by atoms with Gasteiger partial charge < -0.3 is 10.8 Å². The Morgan fingerprint density at radius 2 is 1.74 bits per heavy atom. The molecule has 1 unspecified atom stereocenters. The molecule has 0 aliphatic rings. The van der Waals surface area contributed by atoms with E-state index in [0.29, 0.717) is 12.1 Å². The zero-order valence-corrected chi connectivity index (χ0v) is 10.1. The average Bonchev–Trinajstić information content (AvgIpc) is 2.23. The van der Waals surface area contributed by atoms with Crippen LogP contribution in [0.2, 0.25) is 0 Å². The number of nitrogens with one attached hydrogen (secondary N) is 1. The molecule has 5 nitrogen and oxygen atoms in total. The number of alkyl halides is 2. The Bertz CT molecular complexity index is 542. The molecule has 0 aromatic heterocycles. The van der Waals surface area contributed by atoms with Gasteiger partial charge in [-0.05, 0) is 12.1 Å². The van der Waals surface area contributed by atoms with Crippen molar-refractivity contribution in [1.82, 2.24) is 4.72 Å². The molecule has 19 heavy (non-hydrogen) atoms. The summed E-state index contributed by atoms with van der Waals surface area (Å²) in [6, 6.07) is 1.14. The van der Waals surface area contributed by atoms with Crippen LogP contribution in [0.1, 0.15) is 0 Å². The number of aliphatic hydroxyl groups is 1. The van der Waals surface area contributed by atoms with E-state index in [9.17, 15) is 26.0 Å². The molecule has 108 valence electrons. The van der Waals surface area contributed by atoms with Crippen LogP contribution in [-0.2, 0) is 10.0 Å². The molecule has 0 heterocycles. The van der Waals surface area contributed by atoms with Gasteiger partial charge in [-0.1, -0.05) is 0 Å². The fourth-order valence-corrected chi connectivity index (χ4v) is 2.36. The van der Waals surface area contributed by atoms with Crippen molar-refractivity contribution in [3.63, 3.8) is 0 Å². The van der Waals surface area contributed by atoms with E-state index in [1.807, 2.05) is 0 Å². The minimum absolute atomic E-state index is 0.332. The summed E-state index contributed by atoms with van der Waals surface area (Å²) in [5.74, 6) is -2.92. The molecule has 0 aliphatic heterocycles. The second-order valence-corrected chi connectivity index (χ2v) is 5.27. The molecule has 0 fully saturated rings. The maximum absolute atomic E-state index is 13.3. The molecule has 0 aliphatic carbocycles. The molecular formula is C9H10F4N2O3S. The lowest BCUT2D eigenvalue weighted by Crippen LogP contribution is -2.36. The van der Waals surface area contributed by atoms with Gasteiger partial charge in [0.1, 0.15) is 17.7 Å². The Kier molecular flexibility index (Phi) is 4.71. The number of halogens is 4. The summed E-state index contributed by atoms with van der Waals surface area (Å²) in [7, 11) is -4.72. The first-order valence-electron chi connectivity index (χ1n) is 4.85. The normalized spacial score (nSPS) is 13.8. The lowest BCUT2D eigenvalue weighted by Gasteiger charge is -2.12. The van der Waals surface area contributed by atoms with Crippen molar-refractivity contribution < 1.29 is 31.1 Å². The molecule has 0 bridgehead atoms. The van der Waals surface area contributed by atoms with Crippen LogP contribution in [0.5, 0.6) is 0 Å². The predicted octanol–water partition coefficient (Wildman–Crippen LogP) is 0.451. The molecule has 10 heteroatoms. The molecule has 0 amide bonds. The lowest BCUT2D eigenvalue weighted by molar-refractivity contribution is -0.000461. The van der Waals surface area contributed by atoms with Crippen LogP contribution in [0, 0.1) is 11.6 Å². The van der Waals surface area contributed by atoms with Crippen molar-refractivity contribution >= 4 is 15.7 Å². The molecule has 1 aromatic rings. The van der Waals surface area contributed by atoms with E-state index in [0.717, 1.165) is 0 Å². The topological polar surface area (TPSA) is 92.4 Å². The van der Waals surface area contributed by atoms with Crippen LogP contribution >= 0.6 is 0 Å². The summed E-state index contributed by atoms with van der Waals surface area (Å²) in [5.41, 5.74) is 4.77. The van der Waals surface area contributed by atoms with E-state index >= 15 is 0 Å². The fraction of sp³-hybridized carbons (Fsp3) is 0.333. The molecule has 0 saturated carbocycles. The summed E-state index contributed by atoms with van der Waals surface area (Å²) >= 11 is 0. The molecule has 0 saturated heterocycles. The predicted molar refractivity (Wildman–Crippen MR) is 58.0 cm³/mol. The Balaban J connectivity index is 3.02. The molecule has 0 radical (unpaired) electrons. The first-order chi connectivity index (χ1) is 8.65. The highest BCUT2D eigenvalue weighted by Gasteiger charge is 2.27. The highest BCUT2D eigenvalue weighted by Crippen LogP contribution is 2.21. The van der Waals surface area contributed by atoms with Gasteiger partial charge in [-0.2, -0.15) is 0 Å². The summed E-state index contributed by atoms with van der Waals surface area (Å²) < 4.78 is 75.1. The molecular weight excluding hydrogens is 292 g/mol. The zero-order valence-electron chi connectivity index (χ0n) is 9.28. The SMILES string of the molecule is Nc1cc(F)c(S(=O)(=O)NCC(O)C(F)F)c(F)c1. The maximum atomic E-state index is 13.3. The van der Waals surface area contributed by atoms with E-state index in [1.165, 1.54) is 4.72 Å². The van der Waals surface area contributed by atoms with Gasteiger partial charge in [0.2, 0.25) is 10.0 Å². The monoisotopic (exact) mass is 302 g/mol. The number of hydrogen-bond acceptors (Lipinski definition) is 4. The minimum Gasteiger partial charge on any atom is -0.399 e. The van der Waals surface area contributed by atoms with Gasteiger partial charge in [-0.15, -0.1) is 0 Å². The minimum atomic E-state index is -4.72. The van der Waals surface area contributed by atoms with E-state index in [-0.39, 0.29) is 5.69 Å². The third-order valence-electron chi connectivity index (χ3n) is 2.06. The highest BCUT2D eigenvalue weighted by atomic mass is 32.2. The van der Waals surface area contributed by atoms with Gasteiger partial charge >= 0.3 is 0 Å². The standard InChI is InChI=1S/C9H10F4N2O3S/c10-5-1-4(14)2-6(11)8(5)19(17,18)15-3-7(16)9(12)13/h1-2,7,9,15-16H,3,14H2. The van der Waals surface area contributed by atoms with E-state index in [1.54, 1.807) is 0 Å². The van der Waals surface area contributed by atoms with Gasteiger partial charge in [0.15, 0.2) is 4.90 Å². The van der Waals surface area contributed by atoms with Crippen LogP contribution in [0.4, 0.5) is 23.2 Å². The van der Waals surface area contributed by atoms with E-state index in [2.05, 4.69) is 0 Å². The number of rotatable bonds is 5. The first kappa shape index (κ1) is 15.7. The summed E-state index contributed by atoms with van der Waals surface area (Å²) in [4.78, 5) is -1.34. The quantitative estimate of drug-likeness (QED) is 0.544. The van der Waals surface area contributed by atoms with Crippen molar-refractivity contribution in [3.05, 3.63) is 23.8 Å². The largest absolute Gasteiger partial charge is 0.399 e. The smallest absolute Gasteiger partial charge is 0.265 e. The van der Waals surface area contributed by atoms with Crippen molar-refractivity contribution in [2.45, 2.75) is 17.4 Å². The van der Waals surface area contributed by atoms with Gasteiger partial charge in [0, 0.05) is 12.2 Å². The van der Waals surface area contributed by atoms with E-state index < -0.39 is 45.6 Å². The van der Waals surface area contributed by atoms with E-state index in [4.69, 9.17) is 10.8 Å². The van der Waals surface area contributed by atoms with Gasteiger partial charge in [-0.3, -0.25) is 0 Å². The number of nitrogens with two attached hydrogens (primary N) is 1. The maximum Gasteiger partial charge on any atom is 0.265 e. The number of nitrogen functional groups attached to an aromatic ring is 1. The lowest BCUT2D eigenvalue weighted by atomic mass is 10.3. The summed E-state index contributed by atoms with van der Waals surface area (Å²) in [6.07, 6.45) is -5.47. The van der Waals surface area contributed by atoms with Crippen LogP contribution < -0.4 is 10.5 Å². The molecule has 1 aromatic carbocycles.